The first-order valence-electron chi connectivity index (χ1n) is 5.30. The number of carbonyl (C=O) groups excluding carboxylic acids is 1. The number of carbonyl (C=O) groups is 1. The number of hydrogen-bond donors (Lipinski definition) is 3. The molecule has 2 aromatic carbocycles. The van der Waals surface area contributed by atoms with Crippen LogP contribution in [0.5, 0.6) is 5.75 Å². The molecule has 0 aromatic heterocycles. The quantitative estimate of drug-likeness (QED) is 0.568. The van der Waals surface area contributed by atoms with Gasteiger partial charge in [-0.1, -0.05) is 35.6 Å². The summed E-state index contributed by atoms with van der Waals surface area (Å²) in [6.07, 6.45) is 0. The lowest BCUT2D eigenvalue weighted by Gasteiger charge is -2.05. The summed E-state index contributed by atoms with van der Waals surface area (Å²) in [5.41, 5.74) is 7.49. The zero-order chi connectivity index (χ0) is 13.0. The van der Waals surface area contributed by atoms with Crippen LogP contribution in [0.1, 0.15) is 5.56 Å². The summed E-state index contributed by atoms with van der Waals surface area (Å²) in [5, 5.41) is 18.9. The standard InChI is InChI=1S/C12H12N4O2/c13-12(18)15-16-14-7-10-9-4-2-1-3-8(9)5-6-11(10)17/h1-6,17H,7H2,(H3,13,14,15,18). The van der Waals surface area contributed by atoms with Crippen LogP contribution >= 0.6 is 0 Å². The van der Waals surface area contributed by atoms with Crippen molar-refractivity contribution in [2.24, 2.45) is 16.1 Å². The fraction of sp³-hybridized carbons (Fsp3) is 0.0833. The van der Waals surface area contributed by atoms with Gasteiger partial charge in [-0.25, -0.2) is 10.2 Å². The van der Waals surface area contributed by atoms with Gasteiger partial charge in [0, 0.05) is 5.56 Å². The van der Waals surface area contributed by atoms with Gasteiger partial charge in [0.15, 0.2) is 0 Å². The Kier molecular flexibility index (Phi) is 3.38. The van der Waals surface area contributed by atoms with Crippen LogP contribution in [-0.2, 0) is 6.54 Å². The molecule has 0 saturated heterocycles. The van der Waals surface area contributed by atoms with Crippen molar-refractivity contribution in [1.82, 2.24) is 5.43 Å². The van der Waals surface area contributed by atoms with E-state index in [4.69, 9.17) is 5.73 Å². The number of nitrogens with two attached hydrogens (primary N) is 1. The van der Waals surface area contributed by atoms with Crippen LogP contribution in [0.3, 0.4) is 0 Å². The Morgan fingerprint density at radius 3 is 2.83 bits per heavy atom. The predicted molar refractivity (Wildman–Crippen MR) is 66.9 cm³/mol. The summed E-state index contributed by atoms with van der Waals surface area (Å²) in [4.78, 5) is 10.4. The first-order chi connectivity index (χ1) is 8.68. The molecule has 6 heteroatoms. The number of aromatic hydroxyl groups is 1. The van der Waals surface area contributed by atoms with Crippen molar-refractivity contribution < 1.29 is 9.90 Å². The Balaban J connectivity index is 2.29. The average molecular weight is 244 g/mol. The molecule has 0 aliphatic carbocycles. The van der Waals surface area contributed by atoms with Gasteiger partial charge in [0.05, 0.1) is 6.54 Å². The van der Waals surface area contributed by atoms with E-state index in [1.807, 2.05) is 35.8 Å². The molecule has 0 bridgehead atoms. The van der Waals surface area contributed by atoms with Gasteiger partial charge in [0.2, 0.25) is 0 Å². The van der Waals surface area contributed by atoms with E-state index in [9.17, 15) is 9.90 Å². The van der Waals surface area contributed by atoms with E-state index in [1.165, 1.54) is 0 Å². The molecular formula is C12H12N4O2. The number of benzene rings is 2. The van der Waals surface area contributed by atoms with Gasteiger partial charge in [-0.15, -0.1) is 0 Å². The van der Waals surface area contributed by atoms with Crippen molar-refractivity contribution in [1.29, 1.82) is 0 Å². The third-order valence-electron chi connectivity index (χ3n) is 2.48. The number of nitrogens with one attached hydrogen (secondary N) is 1. The fourth-order valence-corrected chi connectivity index (χ4v) is 1.68. The molecule has 0 aliphatic heterocycles. The minimum Gasteiger partial charge on any atom is -0.508 e. The zero-order valence-electron chi connectivity index (χ0n) is 9.50. The number of hydrogen-bond acceptors (Lipinski definition) is 4. The van der Waals surface area contributed by atoms with E-state index in [2.05, 4.69) is 10.3 Å². The highest BCUT2D eigenvalue weighted by Gasteiger charge is 2.05. The van der Waals surface area contributed by atoms with Gasteiger partial charge in [0.1, 0.15) is 5.75 Å². The SMILES string of the molecule is NC(=O)NN=NCc1c(O)ccc2ccccc12. The number of fused-ring (bicyclic) bond motifs is 1. The number of phenolic OH excluding ortho intramolecular Hbond substituents is 1. The van der Waals surface area contributed by atoms with Crippen LogP contribution in [0.4, 0.5) is 4.79 Å². The Hall–Kier alpha value is -2.63. The lowest BCUT2D eigenvalue weighted by atomic mass is 10.0. The van der Waals surface area contributed by atoms with Crippen molar-refractivity contribution >= 4 is 16.8 Å². The van der Waals surface area contributed by atoms with Gasteiger partial charge >= 0.3 is 6.03 Å². The highest BCUT2D eigenvalue weighted by molar-refractivity contribution is 5.87. The number of phenols is 1. The maximum Gasteiger partial charge on any atom is 0.333 e. The molecule has 6 nitrogen and oxygen atoms in total. The maximum absolute atomic E-state index is 10.4. The van der Waals surface area contributed by atoms with E-state index in [-0.39, 0.29) is 12.3 Å². The molecule has 2 rings (SSSR count). The van der Waals surface area contributed by atoms with Crippen molar-refractivity contribution in [2.45, 2.75) is 6.54 Å². The fourth-order valence-electron chi connectivity index (χ4n) is 1.68. The molecule has 0 spiro atoms. The minimum atomic E-state index is -0.777. The third-order valence-corrected chi connectivity index (χ3v) is 2.48. The summed E-state index contributed by atoms with van der Waals surface area (Å²) in [6, 6.07) is 10.3. The summed E-state index contributed by atoms with van der Waals surface area (Å²) in [6.45, 7) is 0.160. The molecule has 0 saturated carbocycles. The number of nitrogens with zero attached hydrogens (tertiary/aromatic N) is 2. The topological polar surface area (TPSA) is 100 Å². The van der Waals surface area contributed by atoms with Crippen molar-refractivity contribution in [3.63, 3.8) is 0 Å². The van der Waals surface area contributed by atoms with Gasteiger partial charge in [-0.2, -0.15) is 5.11 Å². The van der Waals surface area contributed by atoms with Gasteiger partial charge in [0.25, 0.3) is 0 Å². The molecule has 0 aliphatic rings. The molecule has 0 fully saturated rings. The summed E-state index contributed by atoms with van der Waals surface area (Å²) >= 11 is 0. The molecule has 4 N–H and O–H groups in total. The molecule has 0 atom stereocenters. The first-order valence-corrected chi connectivity index (χ1v) is 5.30. The van der Waals surface area contributed by atoms with Crippen LogP contribution in [-0.4, -0.2) is 11.1 Å². The minimum absolute atomic E-state index is 0.145. The Morgan fingerprint density at radius 1 is 1.28 bits per heavy atom. The number of urea groups is 1. The van der Waals surface area contributed by atoms with Crippen LogP contribution in [0.25, 0.3) is 10.8 Å². The molecule has 0 unspecified atom stereocenters. The summed E-state index contributed by atoms with van der Waals surface area (Å²) < 4.78 is 0. The molecule has 2 amide bonds. The maximum atomic E-state index is 10.4. The molecule has 0 heterocycles. The third kappa shape index (κ3) is 2.54. The van der Waals surface area contributed by atoms with E-state index >= 15 is 0 Å². The second-order valence-corrected chi connectivity index (χ2v) is 3.66. The molecule has 2 aromatic rings. The molecular weight excluding hydrogens is 232 g/mol. The number of rotatable bonds is 3. The van der Waals surface area contributed by atoms with Gasteiger partial charge < -0.3 is 10.8 Å². The van der Waals surface area contributed by atoms with Gasteiger partial charge in [-0.05, 0) is 16.8 Å². The first kappa shape index (κ1) is 11.8. The van der Waals surface area contributed by atoms with Crippen LogP contribution in [0.2, 0.25) is 0 Å². The summed E-state index contributed by atoms with van der Waals surface area (Å²) in [5.74, 6) is 0.145. The second kappa shape index (κ2) is 5.13. The smallest absolute Gasteiger partial charge is 0.333 e. The van der Waals surface area contributed by atoms with E-state index in [0.29, 0.717) is 5.56 Å². The molecule has 0 radical (unpaired) electrons. The average Bonchev–Trinajstić information content (AvgIpc) is 2.36. The second-order valence-electron chi connectivity index (χ2n) is 3.66. The van der Waals surface area contributed by atoms with Crippen molar-refractivity contribution in [2.75, 3.05) is 0 Å². The van der Waals surface area contributed by atoms with E-state index < -0.39 is 6.03 Å². The molecule has 18 heavy (non-hydrogen) atoms. The van der Waals surface area contributed by atoms with Crippen molar-refractivity contribution in [3.8, 4) is 5.75 Å². The lowest BCUT2D eigenvalue weighted by Crippen LogP contribution is -2.23. The predicted octanol–water partition coefficient (Wildman–Crippen LogP) is 2.08. The lowest BCUT2D eigenvalue weighted by molar-refractivity contribution is 0.248. The largest absolute Gasteiger partial charge is 0.508 e. The normalized spacial score (nSPS) is 10.9. The zero-order valence-corrected chi connectivity index (χ0v) is 9.50. The number of amides is 2. The highest BCUT2D eigenvalue weighted by Crippen LogP contribution is 2.27. The Bertz CT molecular complexity index is 610. The van der Waals surface area contributed by atoms with Gasteiger partial charge in [-0.3, -0.25) is 0 Å². The Morgan fingerprint density at radius 2 is 2.06 bits per heavy atom. The van der Waals surface area contributed by atoms with Crippen LogP contribution in [0, 0.1) is 0 Å². The monoisotopic (exact) mass is 244 g/mol. The Labute approximate surface area is 103 Å². The highest BCUT2D eigenvalue weighted by atomic mass is 16.3. The van der Waals surface area contributed by atoms with Crippen LogP contribution < -0.4 is 11.2 Å². The van der Waals surface area contributed by atoms with Crippen LogP contribution in [0.15, 0.2) is 46.7 Å². The number of primary amides is 1. The van der Waals surface area contributed by atoms with Crippen molar-refractivity contribution in [3.05, 3.63) is 42.0 Å². The van der Waals surface area contributed by atoms with E-state index in [0.717, 1.165) is 10.8 Å². The molecule has 92 valence electrons. The van der Waals surface area contributed by atoms with E-state index in [1.54, 1.807) is 6.07 Å². The summed E-state index contributed by atoms with van der Waals surface area (Å²) in [7, 11) is 0.